The highest BCUT2D eigenvalue weighted by Gasteiger charge is 2.26. The van der Waals surface area contributed by atoms with Gasteiger partial charge in [0.25, 0.3) is 0 Å². The molecule has 0 bridgehead atoms. The van der Waals surface area contributed by atoms with Crippen molar-refractivity contribution in [2.24, 2.45) is 5.41 Å². The average molecular weight is 289 g/mol. The molecule has 2 N–H and O–H groups in total. The van der Waals surface area contributed by atoms with Crippen LogP contribution in [0.25, 0.3) is 11.0 Å². The number of fused-ring (bicyclic) bond motifs is 1. The number of hydrogen-bond donors (Lipinski definition) is 2. The number of benzene rings is 1. The van der Waals surface area contributed by atoms with Crippen molar-refractivity contribution >= 4 is 11.0 Å². The number of rotatable bonds is 7. The SMILES string of the molecule is CCC(CC)(CO)CNC(C)c1oc2ccccc2c1C. The van der Waals surface area contributed by atoms with Crippen molar-refractivity contribution in [3.63, 3.8) is 0 Å². The zero-order valence-electron chi connectivity index (χ0n) is 13.6. The van der Waals surface area contributed by atoms with Gasteiger partial charge in [0.15, 0.2) is 0 Å². The minimum Gasteiger partial charge on any atom is -0.459 e. The zero-order chi connectivity index (χ0) is 15.5. The van der Waals surface area contributed by atoms with Crippen molar-refractivity contribution in [1.82, 2.24) is 5.32 Å². The van der Waals surface area contributed by atoms with Crippen LogP contribution in [-0.2, 0) is 0 Å². The summed E-state index contributed by atoms with van der Waals surface area (Å²) in [5, 5.41) is 14.4. The largest absolute Gasteiger partial charge is 0.459 e. The van der Waals surface area contributed by atoms with E-state index in [2.05, 4.69) is 39.1 Å². The Bertz CT molecular complexity index is 576. The van der Waals surface area contributed by atoms with Gasteiger partial charge in [-0.25, -0.2) is 0 Å². The smallest absolute Gasteiger partial charge is 0.134 e. The summed E-state index contributed by atoms with van der Waals surface area (Å²) in [6.07, 6.45) is 1.94. The minimum atomic E-state index is -0.0336. The van der Waals surface area contributed by atoms with Crippen LogP contribution in [0.1, 0.15) is 51.0 Å². The second-order valence-corrected chi connectivity index (χ2v) is 6.06. The van der Waals surface area contributed by atoms with Gasteiger partial charge >= 0.3 is 0 Å². The molecule has 0 aliphatic heterocycles. The zero-order valence-corrected chi connectivity index (χ0v) is 13.6. The molecule has 1 unspecified atom stereocenters. The Hall–Kier alpha value is -1.32. The number of nitrogens with one attached hydrogen (secondary N) is 1. The molecule has 1 aromatic carbocycles. The Morgan fingerprint density at radius 2 is 1.90 bits per heavy atom. The molecule has 0 aliphatic carbocycles. The molecule has 3 nitrogen and oxygen atoms in total. The Labute approximate surface area is 127 Å². The standard InChI is InChI=1S/C18H27NO2/c1-5-18(6-2,12-20)11-19-14(4)17-13(3)15-9-7-8-10-16(15)21-17/h7-10,14,19-20H,5-6,11-12H2,1-4H3. The number of furan rings is 1. The molecule has 21 heavy (non-hydrogen) atoms. The first-order chi connectivity index (χ1) is 10.1. The van der Waals surface area contributed by atoms with Crippen LogP contribution in [0.2, 0.25) is 0 Å². The molecule has 3 heteroatoms. The van der Waals surface area contributed by atoms with Crippen molar-refractivity contribution in [1.29, 1.82) is 0 Å². The van der Waals surface area contributed by atoms with E-state index in [0.29, 0.717) is 0 Å². The highest BCUT2D eigenvalue weighted by atomic mass is 16.3. The van der Waals surface area contributed by atoms with E-state index in [1.807, 2.05) is 18.2 Å². The molecule has 0 amide bonds. The van der Waals surface area contributed by atoms with E-state index in [9.17, 15) is 5.11 Å². The molecule has 0 saturated carbocycles. The number of aryl methyl sites for hydroxylation is 1. The molecule has 0 fully saturated rings. The molecule has 2 aromatic rings. The first-order valence-corrected chi connectivity index (χ1v) is 7.89. The summed E-state index contributed by atoms with van der Waals surface area (Å²) in [5.41, 5.74) is 2.11. The third-order valence-electron chi connectivity index (χ3n) is 4.89. The third kappa shape index (κ3) is 3.14. The lowest BCUT2D eigenvalue weighted by molar-refractivity contribution is 0.109. The van der Waals surface area contributed by atoms with E-state index in [0.717, 1.165) is 30.7 Å². The van der Waals surface area contributed by atoms with Crippen LogP contribution in [0.5, 0.6) is 0 Å². The molecule has 0 aliphatic rings. The molecule has 0 radical (unpaired) electrons. The van der Waals surface area contributed by atoms with Crippen LogP contribution in [0.4, 0.5) is 0 Å². The van der Waals surface area contributed by atoms with Crippen molar-refractivity contribution < 1.29 is 9.52 Å². The van der Waals surface area contributed by atoms with Crippen LogP contribution in [0.15, 0.2) is 28.7 Å². The maximum absolute atomic E-state index is 9.67. The number of hydrogen-bond acceptors (Lipinski definition) is 3. The highest BCUT2D eigenvalue weighted by molar-refractivity contribution is 5.82. The Morgan fingerprint density at radius 1 is 1.24 bits per heavy atom. The fourth-order valence-corrected chi connectivity index (χ4v) is 2.85. The summed E-state index contributed by atoms with van der Waals surface area (Å²) in [7, 11) is 0. The Kier molecular flexibility index (Phi) is 5.07. The van der Waals surface area contributed by atoms with E-state index in [-0.39, 0.29) is 18.1 Å². The first kappa shape index (κ1) is 16.1. The molecule has 0 spiro atoms. The molecule has 1 heterocycles. The molecular formula is C18H27NO2. The predicted octanol–water partition coefficient (Wildman–Crippen LogP) is 4.19. The fourth-order valence-electron chi connectivity index (χ4n) is 2.85. The quantitative estimate of drug-likeness (QED) is 0.803. The topological polar surface area (TPSA) is 45.4 Å². The lowest BCUT2D eigenvalue weighted by Crippen LogP contribution is -2.37. The summed E-state index contributed by atoms with van der Waals surface area (Å²) in [4.78, 5) is 0. The fraction of sp³-hybridized carbons (Fsp3) is 0.556. The maximum atomic E-state index is 9.67. The van der Waals surface area contributed by atoms with Crippen molar-refractivity contribution in [2.45, 2.75) is 46.6 Å². The third-order valence-corrected chi connectivity index (χ3v) is 4.89. The number of aliphatic hydroxyl groups is 1. The van der Waals surface area contributed by atoms with Crippen LogP contribution >= 0.6 is 0 Å². The lowest BCUT2D eigenvalue weighted by Gasteiger charge is -2.31. The minimum absolute atomic E-state index is 0.0336. The van der Waals surface area contributed by atoms with E-state index in [4.69, 9.17) is 4.42 Å². The van der Waals surface area contributed by atoms with Crippen LogP contribution < -0.4 is 5.32 Å². The normalized spacial score (nSPS) is 13.8. The van der Waals surface area contributed by atoms with Crippen molar-refractivity contribution in [3.05, 3.63) is 35.6 Å². The van der Waals surface area contributed by atoms with Gasteiger partial charge in [-0.15, -0.1) is 0 Å². The van der Waals surface area contributed by atoms with Gasteiger partial charge in [-0.2, -0.15) is 0 Å². The average Bonchev–Trinajstić information content (AvgIpc) is 2.87. The highest BCUT2D eigenvalue weighted by Crippen LogP contribution is 2.30. The van der Waals surface area contributed by atoms with Crippen LogP contribution in [-0.4, -0.2) is 18.3 Å². The van der Waals surface area contributed by atoms with E-state index in [1.54, 1.807) is 0 Å². The molecule has 0 saturated heterocycles. The Morgan fingerprint density at radius 3 is 2.48 bits per heavy atom. The van der Waals surface area contributed by atoms with E-state index >= 15 is 0 Å². The molecule has 116 valence electrons. The second kappa shape index (κ2) is 6.63. The number of aliphatic hydroxyl groups excluding tert-OH is 1. The molecule has 2 rings (SSSR count). The molecule has 1 aromatic heterocycles. The van der Waals surface area contributed by atoms with Gasteiger partial charge in [-0.3, -0.25) is 0 Å². The van der Waals surface area contributed by atoms with E-state index < -0.39 is 0 Å². The monoisotopic (exact) mass is 289 g/mol. The van der Waals surface area contributed by atoms with Gasteiger partial charge < -0.3 is 14.8 Å². The summed E-state index contributed by atoms with van der Waals surface area (Å²) >= 11 is 0. The van der Waals surface area contributed by atoms with Crippen LogP contribution in [0.3, 0.4) is 0 Å². The van der Waals surface area contributed by atoms with Crippen molar-refractivity contribution in [3.8, 4) is 0 Å². The lowest BCUT2D eigenvalue weighted by atomic mass is 9.83. The van der Waals surface area contributed by atoms with Gasteiger partial charge in [0.1, 0.15) is 11.3 Å². The first-order valence-electron chi connectivity index (χ1n) is 7.89. The van der Waals surface area contributed by atoms with Crippen LogP contribution in [0, 0.1) is 12.3 Å². The molecular weight excluding hydrogens is 262 g/mol. The summed E-state index contributed by atoms with van der Waals surface area (Å²) in [6, 6.07) is 8.28. The number of para-hydroxylation sites is 1. The summed E-state index contributed by atoms with van der Waals surface area (Å²) in [6.45, 7) is 9.53. The van der Waals surface area contributed by atoms with Gasteiger partial charge in [0.05, 0.1) is 6.04 Å². The summed E-state index contributed by atoms with van der Waals surface area (Å²) < 4.78 is 6.00. The maximum Gasteiger partial charge on any atom is 0.134 e. The van der Waals surface area contributed by atoms with E-state index in [1.165, 1.54) is 10.9 Å². The molecule has 1 atom stereocenters. The van der Waals surface area contributed by atoms with Crippen molar-refractivity contribution in [2.75, 3.05) is 13.2 Å². The van der Waals surface area contributed by atoms with Gasteiger partial charge in [-0.1, -0.05) is 32.0 Å². The van der Waals surface area contributed by atoms with Gasteiger partial charge in [0.2, 0.25) is 0 Å². The summed E-state index contributed by atoms with van der Waals surface area (Å²) in [5.74, 6) is 0.996. The van der Waals surface area contributed by atoms with Gasteiger partial charge in [-0.05, 0) is 38.3 Å². The predicted molar refractivity (Wildman–Crippen MR) is 87.5 cm³/mol. The van der Waals surface area contributed by atoms with Gasteiger partial charge in [0, 0.05) is 24.0 Å². The Balaban J connectivity index is 2.15. The second-order valence-electron chi connectivity index (χ2n) is 6.06.